The summed E-state index contributed by atoms with van der Waals surface area (Å²) in [6.45, 7) is 10.6. The van der Waals surface area contributed by atoms with E-state index in [9.17, 15) is 13.6 Å². The smallest absolute Gasteiger partial charge is 0.228 e. The predicted octanol–water partition coefficient (Wildman–Crippen LogP) is 7.10. The van der Waals surface area contributed by atoms with E-state index in [2.05, 4.69) is 53.4 Å². The molecule has 1 aliphatic rings. The van der Waals surface area contributed by atoms with Crippen molar-refractivity contribution < 1.29 is 13.6 Å². The SMILES string of the molecule is CC(C)CN(CC(C)C)c1ccc(-c2ccccc2C2=NN=NC2)cc1NC(=O)Cc1cccc(F)c1F. The normalized spacial score (nSPS) is 12.8. The Bertz CT molecular complexity index is 1360. The van der Waals surface area contributed by atoms with Crippen molar-refractivity contribution in [2.45, 2.75) is 34.1 Å². The summed E-state index contributed by atoms with van der Waals surface area (Å²) in [5, 5.41) is 14.9. The number of hydrogen-bond donors (Lipinski definition) is 1. The molecule has 0 spiro atoms. The molecule has 0 fully saturated rings. The second-order valence-corrected chi connectivity index (χ2v) is 10.3. The molecule has 1 heterocycles. The van der Waals surface area contributed by atoms with E-state index in [1.165, 1.54) is 12.1 Å². The van der Waals surface area contributed by atoms with Gasteiger partial charge in [0.05, 0.1) is 23.5 Å². The number of amides is 1. The summed E-state index contributed by atoms with van der Waals surface area (Å²) in [5.41, 5.74) is 5.03. The molecule has 0 unspecified atom stereocenters. The molecule has 0 saturated heterocycles. The number of rotatable bonds is 10. The van der Waals surface area contributed by atoms with Crippen LogP contribution in [0.3, 0.4) is 0 Å². The Kier molecular flexibility index (Phi) is 8.61. The first-order valence-electron chi connectivity index (χ1n) is 12.9. The molecule has 0 aliphatic carbocycles. The van der Waals surface area contributed by atoms with Crippen molar-refractivity contribution in [2.24, 2.45) is 27.3 Å². The molecule has 0 bridgehead atoms. The molecule has 198 valence electrons. The van der Waals surface area contributed by atoms with Crippen LogP contribution in [0.5, 0.6) is 0 Å². The Morgan fingerprint density at radius 2 is 1.66 bits per heavy atom. The van der Waals surface area contributed by atoms with Crippen LogP contribution in [0.1, 0.15) is 38.8 Å². The molecule has 0 aromatic heterocycles. The first-order chi connectivity index (χ1) is 18.2. The lowest BCUT2D eigenvalue weighted by Gasteiger charge is -2.31. The second kappa shape index (κ2) is 12.1. The highest BCUT2D eigenvalue weighted by molar-refractivity contribution is 6.08. The third-order valence-corrected chi connectivity index (χ3v) is 6.16. The minimum atomic E-state index is -1.00. The van der Waals surface area contributed by atoms with Crippen LogP contribution in [0, 0.1) is 23.5 Å². The lowest BCUT2D eigenvalue weighted by atomic mass is 9.95. The number of anilines is 2. The highest BCUT2D eigenvalue weighted by Gasteiger charge is 2.20. The molecule has 1 N–H and O–H groups in total. The van der Waals surface area contributed by atoms with Gasteiger partial charge in [0.2, 0.25) is 5.91 Å². The van der Waals surface area contributed by atoms with E-state index in [-0.39, 0.29) is 12.0 Å². The summed E-state index contributed by atoms with van der Waals surface area (Å²) in [7, 11) is 0. The Hall–Kier alpha value is -3.94. The fourth-order valence-electron chi connectivity index (χ4n) is 4.63. The molecule has 0 saturated carbocycles. The van der Waals surface area contributed by atoms with Crippen molar-refractivity contribution in [1.29, 1.82) is 0 Å². The van der Waals surface area contributed by atoms with Crippen LogP contribution in [0.25, 0.3) is 11.1 Å². The maximum atomic E-state index is 14.3. The summed E-state index contributed by atoms with van der Waals surface area (Å²) in [4.78, 5) is 15.4. The number of nitrogens with zero attached hydrogens (tertiary/aromatic N) is 4. The lowest BCUT2D eigenvalue weighted by molar-refractivity contribution is -0.115. The van der Waals surface area contributed by atoms with Gasteiger partial charge in [-0.1, -0.05) is 70.2 Å². The molecule has 6 nitrogen and oxygen atoms in total. The summed E-state index contributed by atoms with van der Waals surface area (Å²) < 4.78 is 28.0. The van der Waals surface area contributed by atoms with Crippen molar-refractivity contribution >= 4 is 23.0 Å². The average Bonchev–Trinajstić information content (AvgIpc) is 3.41. The van der Waals surface area contributed by atoms with Gasteiger partial charge in [-0.25, -0.2) is 8.78 Å². The zero-order chi connectivity index (χ0) is 27.2. The number of nitrogens with one attached hydrogen (secondary N) is 1. The van der Waals surface area contributed by atoms with Gasteiger partial charge in [0.25, 0.3) is 0 Å². The van der Waals surface area contributed by atoms with Crippen molar-refractivity contribution in [1.82, 2.24) is 0 Å². The van der Waals surface area contributed by atoms with Crippen molar-refractivity contribution in [2.75, 3.05) is 29.9 Å². The van der Waals surface area contributed by atoms with Crippen LogP contribution in [-0.2, 0) is 11.2 Å². The van der Waals surface area contributed by atoms with Gasteiger partial charge < -0.3 is 10.2 Å². The molecule has 0 atom stereocenters. The minimum absolute atomic E-state index is 0.0125. The van der Waals surface area contributed by atoms with Crippen molar-refractivity contribution in [3.8, 4) is 11.1 Å². The van der Waals surface area contributed by atoms with Crippen LogP contribution >= 0.6 is 0 Å². The molecule has 38 heavy (non-hydrogen) atoms. The number of carbonyl (C=O) groups excluding carboxylic acids is 1. The van der Waals surface area contributed by atoms with Crippen molar-refractivity contribution in [3.05, 3.63) is 83.4 Å². The molecular weight excluding hydrogens is 484 g/mol. The number of benzene rings is 3. The highest BCUT2D eigenvalue weighted by Crippen LogP contribution is 2.35. The number of carbonyl (C=O) groups is 1. The van der Waals surface area contributed by atoms with Crippen LogP contribution in [0.15, 0.2) is 76.1 Å². The van der Waals surface area contributed by atoms with E-state index >= 15 is 0 Å². The third kappa shape index (κ3) is 6.49. The fourth-order valence-corrected chi connectivity index (χ4v) is 4.63. The Morgan fingerprint density at radius 1 is 0.947 bits per heavy atom. The standard InChI is InChI=1S/C30H33F2N5O/c1-19(2)17-37(18-20(3)4)28-13-12-21(23-9-5-6-10-24(23)27-16-33-36-35-27)14-26(28)34-29(38)15-22-8-7-11-25(31)30(22)32/h5-14,19-20H,15-18H2,1-4H3,(H,34,38). The van der Waals surface area contributed by atoms with E-state index in [4.69, 9.17) is 0 Å². The molecule has 3 aromatic rings. The lowest BCUT2D eigenvalue weighted by Crippen LogP contribution is -2.32. The highest BCUT2D eigenvalue weighted by atomic mass is 19.2. The van der Waals surface area contributed by atoms with Crippen LogP contribution in [0.2, 0.25) is 0 Å². The molecular formula is C30H33F2N5O. The average molecular weight is 518 g/mol. The monoisotopic (exact) mass is 517 g/mol. The zero-order valence-electron chi connectivity index (χ0n) is 22.2. The molecule has 4 rings (SSSR count). The maximum Gasteiger partial charge on any atom is 0.228 e. The van der Waals surface area contributed by atoms with Crippen LogP contribution < -0.4 is 10.2 Å². The first kappa shape index (κ1) is 27.1. The topological polar surface area (TPSA) is 69.4 Å². The molecule has 1 amide bonds. The quantitative estimate of drug-likeness (QED) is 0.312. The summed E-state index contributed by atoms with van der Waals surface area (Å²) in [6.07, 6.45) is -0.280. The van der Waals surface area contributed by atoms with E-state index in [0.717, 1.165) is 47.2 Å². The molecule has 3 aromatic carbocycles. The van der Waals surface area contributed by atoms with Gasteiger partial charge in [0.15, 0.2) is 11.6 Å². The van der Waals surface area contributed by atoms with Gasteiger partial charge in [0.1, 0.15) is 6.54 Å². The van der Waals surface area contributed by atoms with E-state index in [0.29, 0.717) is 24.1 Å². The van der Waals surface area contributed by atoms with Gasteiger partial charge in [-0.3, -0.25) is 4.79 Å². The van der Waals surface area contributed by atoms with Crippen molar-refractivity contribution in [3.63, 3.8) is 0 Å². The van der Waals surface area contributed by atoms with Gasteiger partial charge in [-0.2, -0.15) is 5.11 Å². The fraction of sp³-hybridized carbons (Fsp3) is 0.333. The van der Waals surface area contributed by atoms with E-state index in [1.807, 2.05) is 42.5 Å². The first-order valence-corrected chi connectivity index (χ1v) is 12.9. The largest absolute Gasteiger partial charge is 0.369 e. The minimum Gasteiger partial charge on any atom is -0.369 e. The third-order valence-electron chi connectivity index (χ3n) is 6.16. The zero-order valence-corrected chi connectivity index (χ0v) is 22.2. The van der Waals surface area contributed by atoms with Gasteiger partial charge in [-0.05, 0) is 46.4 Å². The van der Waals surface area contributed by atoms with E-state index in [1.54, 1.807) is 0 Å². The van der Waals surface area contributed by atoms with Crippen LogP contribution in [-0.4, -0.2) is 31.3 Å². The maximum absolute atomic E-state index is 14.3. The Morgan fingerprint density at radius 3 is 2.32 bits per heavy atom. The van der Waals surface area contributed by atoms with Gasteiger partial charge in [0, 0.05) is 24.2 Å². The number of halogens is 2. The van der Waals surface area contributed by atoms with Gasteiger partial charge >= 0.3 is 0 Å². The predicted molar refractivity (Wildman–Crippen MR) is 149 cm³/mol. The summed E-state index contributed by atoms with van der Waals surface area (Å²) in [6, 6.07) is 17.7. The second-order valence-electron chi connectivity index (χ2n) is 10.3. The summed E-state index contributed by atoms with van der Waals surface area (Å²) in [5.74, 6) is -1.60. The van der Waals surface area contributed by atoms with E-state index < -0.39 is 17.5 Å². The Labute approximate surface area is 222 Å². The number of hydrogen-bond acceptors (Lipinski definition) is 5. The van der Waals surface area contributed by atoms with Crippen LogP contribution in [0.4, 0.5) is 20.2 Å². The molecule has 0 radical (unpaired) electrons. The molecule has 8 heteroatoms. The Balaban J connectivity index is 1.74. The summed E-state index contributed by atoms with van der Waals surface area (Å²) >= 11 is 0. The molecule has 1 aliphatic heterocycles. The van der Waals surface area contributed by atoms with Gasteiger partial charge in [-0.15, -0.1) is 5.10 Å².